The van der Waals surface area contributed by atoms with Gasteiger partial charge in [-0.25, -0.2) is 0 Å². The number of halogens is 3. The van der Waals surface area contributed by atoms with Crippen molar-refractivity contribution in [3.05, 3.63) is 0 Å². The highest BCUT2D eigenvalue weighted by atomic mass is 19.4. The maximum Gasteiger partial charge on any atom is 0.390 e. The smallest absolute Gasteiger partial charge is 0.390 e. The van der Waals surface area contributed by atoms with E-state index in [4.69, 9.17) is 0 Å². The predicted molar refractivity (Wildman–Crippen MR) is 60.7 cm³/mol. The zero-order valence-corrected chi connectivity index (χ0v) is 10.5. The van der Waals surface area contributed by atoms with Crippen LogP contribution in [0.3, 0.4) is 0 Å². The van der Waals surface area contributed by atoms with Crippen molar-refractivity contribution in [3.63, 3.8) is 0 Å². The summed E-state index contributed by atoms with van der Waals surface area (Å²) in [6, 6.07) is -0.115. The molecule has 0 amide bonds. The van der Waals surface area contributed by atoms with E-state index in [0.29, 0.717) is 12.3 Å². The second kappa shape index (κ2) is 6.05. The fourth-order valence-corrected chi connectivity index (χ4v) is 2.53. The maximum absolute atomic E-state index is 12.1. The van der Waals surface area contributed by atoms with Crippen LogP contribution in [0.4, 0.5) is 13.2 Å². The Morgan fingerprint density at radius 1 is 1.29 bits per heavy atom. The summed E-state index contributed by atoms with van der Waals surface area (Å²) in [7, 11) is 1.68. The van der Waals surface area contributed by atoms with Gasteiger partial charge in [-0.15, -0.1) is 0 Å². The molecule has 1 aliphatic carbocycles. The molecular weight excluding hydrogens is 231 g/mol. The van der Waals surface area contributed by atoms with Gasteiger partial charge in [-0.05, 0) is 32.2 Å². The molecule has 0 heterocycles. The molecule has 17 heavy (non-hydrogen) atoms. The summed E-state index contributed by atoms with van der Waals surface area (Å²) in [6.45, 7) is 2.07. The van der Waals surface area contributed by atoms with Crippen LogP contribution in [-0.4, -0.2) is 41.9 Å². The Balaban J connectivity index is 2.45. The highest BCUT2D eigenvalue weighted by Crippen LogP contribution is 2.30. The quantitative estimate of drug-likeness (QED) is 0.832. The Morgan fingerprint density at radius 2 is 1.94 bits per heavy atom. The van der Waals surface area contributed by atoms with E-state index in [1.165, 1.54) is 0 Å². The summed E-state index contributed by atoms with van der Waals surface area (Å²) in [5.74, 6) is 0.539. The molecule has 0 saturated heterocycles. The number of hydrogen-bond donors (Lipinski definition) is 1. The first-order valence-corrected chi connectivity index (χ1v) is 6.28. The third-order valence-electron chi connectivity index (χ3n) is 3.78. The molecule has 2 nitrogen and oxygen atoms in total. The predicted octanol–water partition coefficient (Wildman–Crippen LogP) is 2.81. The van der Waals surface area contributed by atoms with Crippen LogP contribution >= 0.6 is 0 Å². The molecule has 102 valence electrons. The lowest BCUT2D eigenvalue weighted by atomic mass is 9.82. The van der Waals surface area contributed by atoms with Crippen LogP contribution in [0.25, 0.3) is 0 Å². The van der Waals surface area contributed by atoms with Gasteiger partial charge in [0.1, 0.15) is 0 Å². The van der Waals surface area contributed by atoms with Crippen LogP contribution < -0.4 is 0 Å². The van der Waals surface area contributed by atoms with Crippen LogP contribution in [0.5, 0.6) is 0 Å². The molecule has 0 spiro atoms. The average molecular weight is 253 g/mol. The van der Waals surface area contributed by atoms with Crippen molar-refractivity contribution in [2.75, 3.05) is 13.6 Å². The normalized spacial score (nSPS) is 30.9. The van der Waals surface area contributed by atoms with Gasteiger partial charge in [-0.3, -0.25) is 0 Å². The zero-order valence-electron chi connectivity index (χ0n) is 10.5. The average Bonchev–Trinajstić information content (AvgIpc) is 2.25. The first-order valence-electron chi connectivity index (χ1n) is 6.28. The second-order valence-corrected chi connectivity index (χ2v) is 5.07. The Morgan fingerprint density at radius 3 is 2.47 bits per heavy atom. The second-order valence-electron chi connectivity index (χ2n) is 5.07. The molecule has 5 heteroatoms. The number of rotatable bonds is 4. The van der Waals surface area contributed by atoms with Gasteiger partial charge in [0.25, 0.3) is 0 Å². The molecule has 0 bridgehead atoms. The Bertz CT molecular complexity index is 232. The standard InChI is InChI=1S/C12H22F3NO/c1-3-9-4-5-11(17)10(8-9)16(2)7-6-12(13,14)15/h9-11,17H,3-8H2,1-2H3. The summed E-state index contributed by atoms with van der Waals surface area (Å²) in [6.07, 6.45) is -1.85. The molecule has 1 fully saturated rings. The van der Waals surface area contributed by atoms with Crippen molar-refractivity contribution in [1.82, 2.24) is 4.90 Å². The molecule has 0 aromatic heterocycles. The van der Waals surface area contributed by atoms with E-state index in [9.17, 15) is 18.3 Å². The highest BCUT2D eigenvalue weighted by molar-refractivity contribution is 4.85. The summed E-state index contributed by atoms with van der Waals surface area (Å²) in [4.78, 5) is 1.67. The molecule has 1 rings (SSSR count). The molecule has 0 aliphatic heterocycles. The lowest BCUT2D eigenvalue weighted by Gasteiger charge is -2.38. The van der Waals surface area contributed by atoms with E-state index < -0.39 is 18.7 Å². The third kappa shape index (κ3) is 4.84. The zero-order chi connectivity index (χ0) is 13.1. The van der Waals surface area contributed by atoms with Crippen LogP contribution in [0.2, 0.25) is 0 Å². The number of nitrogens with zero attached hydrogens (tertiary/aromatic N) is 1. The van der Waals surface area contributed by atoms with Crippen LogP contribution in [0, 0.1) is 5.92 Å². The molecule has 3 unspecified atom stereocenters. The van der Waals surface area contributed by atoms with E-state index >= 15 is 0 Å². The minimum absolute atomic E-state index is 0.0261. The van der Waals surface area contributed by atoms with Crippen molar-refractivity contribution in [2.45, 2.75) is 57.3 Å². The fraction of sp³-hybridized carbons (Fsp3) is 1.00. The Kier molecular flexibility index (Phi) is 5.25. The van der Waals surface area contributed by atoms with Crippen molar-refractivity contribution in [1.29, 1.82) is 0 Å². The van der Waals surface area contributed by atoms with E-state index in [1.807, 2.05) is 0 Å². The first kappa shape index (κ1) is 14.8. The topological polar surface area (TPSA) is 23.5 Å². The molecule has 0 aromatic carbocycles. The number of alkyl halides is 3. The lowest BCUT2D eigenvalue weighted by molar-refractivity contribution is -0.140. The number of aliphatic hydroxyl groups excluding tert-OH is 1. The van der Waals surface area contributed by atoms with E-state index in [0.717, 1.165) is 19.3 Å². The summed E-state index contributed by atoms with van der Waals surface area (Å²) in [5.41, 5.74) is 0. The SMILES string of the molecule is CCC1CCC(O)C(N(C)CCC(F)(F)F)C1. The van der Waals surface area contributed by atoms with Gasteiger partial charge in [0.05, 0.1) is 12.5 Å². The fourth-order valence-electron chi connectivity index (χ4n) is 2.53. The van der Waals surface area contributed by atoms with Crippen LogP contribution in [0.1, 0.15) is 39.0 Å². The monoisotopic (exact) mass is 253 g/mol. The molecule has 1 aliphatic rings. The first-order chi connectivity index (χ1) is 7.83. The van der Waals surface area contributed by atoms with Crippen molar-refractivity contribution < 1.29 is 18.3 Å². The lowest BCUT2D eigenvalue weighted by Crippen LogP contribution is -2.46. The Hall–Kier alpha value is -0.290. The van der Waals surface area contributed by atoms with Crippen LogP contribution in [0.15, 0.2) is 0 Å². The summed E-state index contributed by atoms with van der Waals surface area (Å²) < 4.78 is 36.4. The summed E-state index contributed by atoms with van der Waals surface area (Å²) in [5, 5.41) is 9.86. The highest BCUT2D eigenvalue weighted by Gasteiger charge is 2.33. The third-order valence-corrected chi connectivity index (χ3v) is 3.78. The van der Waals surface area contributed by atoms with Gasteiger partial charge in [0.15, 0.2) is 0 Å². The van der Waals surface area contributed by atoms with Crippen molar-refractivity contribution >= 4 is 0 Å². The molecule has 1 N–H and O–H groups in total. The number of hydrogen-bond acceptors (Lipinski definition) is 2. The van der Waals surface area contributed by atoms with Crippen molar-refractivity contribution in [2.24, 2.45) is 5.92 Å². The van der Waals surface area contributed by atoms with Gasteiger partial charge in [0, 0.05) is 12.6 Å². The Labute approximate surface area is 101 Å². The minimum Gasteiger partial charge on any atom is -0.391 e. The van der Waals surface area contributed by atoms with E-state index in [-0.39, 0.29) is 12.6 Å². The van der Waals surface area contributed by atoms with Gasteiger partial charge < -0.3 is 10.0 Å². The largest absolute Gasteiger partial charge is 0.391 e. The van der Waals surface area contributed by atoms with Crippen molar-refractivity contribution in [3.8, 4) is 0 Å². The van der Waals surface area contributed by atoms with Gasteiger partial charge in [-0.2, -0.15) is 13.2 Å². The van der Waals surface area contributed by atoms with Gasteiger partial charge in [0.2, 0.25) is 0 Å². The van der Waals surface area contributed by atoms with E-state index in [1.54, 1.807) is 11.9 Å². The molecule has 0 aromatic rings. The van der Waals surface area contributed by atoms with Crippen LogP contribution in [-0.2, 0) is 0 Å². The molecule has 3 atom stereocenters. The van der Waals surface area contributed by atoms with E-state index in [2.05, 4.69) is 6.92 Å². The maximum atomic E-state index is 12.1. The minimum atomic E-state index is -4.11. The van der Waals surface area contributed by atoms with Gasteiger partial charge in [-0.1, -0.05) is 13.3 Å². The van der Waals surface area contributed by atoms with Gasteiger partial charge >= 0.3 is 6.18 Å². The molecular formula is C12H22F3NO. The molecule has 1 saturated carbocycles. The molecule has 0 radical (unpaired) electrons. The number of likely N-dealkylation sites (N-methyl/N-ethyl adjacent to an activating group) is 1. The number of aliphatic hydroxyl groups is 1. The summed E-state index contributed by atoms with van der Waals surface area (Å²) >= 11 is 0.